The third-order valence-electron chi connectivity index (χ3n) is 15.7. The zero-order chi connectivity index (χ0) is 53.6. The maximum absolute atomic E-state index is 14.6. The van der Waals surface area contributed by atoms with E-state index < -0.39 is 102 Å². The Balaban J connectivity index is 1.44. The van der Waals surface area contributed by atoms with Gasteiger partial charge in [0.25, 0.3) is 11.7 Å². The third-order valence-corrected chi connectivity index (χ3v) is 15.7. The summed E-state index contributed by atoms with van der Waals surface area (Å²) < 4.78 is 35.8. The normalized spacial score (nSPS) is 36.0. The van der Waals surface area contributed by atoms with Gasteiger partial charge in [0.15, 0.2) is 5.78 Å². The van der Waals surface area contributed by atoms with Crippen LogP contribution in [0, 0.1) is 35.5 Å². The van der Waals surface area contributed by atoms with Crippen LogP contribution in [0.1, 0.15) is 136 Å². The first-order valence-corrected chi connectivity index (χ1v) is 26.5. The Kier molecular flexibility index (Phi) is 22.5. The number of Topliss-reactive ketones (excluding diaryl/α,β-unsaturated/α-hetero) is 3. The van der Waals surface area contributed by atoms with Crippen molar-refractivity contribution in [1.82, 2.24) is 4.90 Å². The number of ether oxygens (including phenoxy) is 6. The van der Waals surface area contributed by atoms with Gasteiger partial charge in [0, 0.05) is 58.5 Å². The molecule has 73 heavy (non-hydrogen) atoms. The van der Waals surface area contributed by atoms with Gasteiger partial charge in [-0.2, -0.15) is 0 Å². The molecule has 1 aromatic carbocycles. The number of aliphatic hydroxyl groups is 2. The van der Waals surface area contributed by atoms with Crippen molar-refractivity contribution in [3.05, 3.63) is 83.5 Å². The Morgan fingerprint density at radius 2 is 1.56 bits per heavy atom. The molecule has 2 N–H and O–H groups in total. The van der Waals surface area contributed by atoms with Crippen LogP contribution in [-0.4, -0.2) is 133 Å². The molecule has 1 saturated carbocycles. The summed E-state index contributed by atoms with van der Waals surface area (Å²) in [5, 5.41) is 23.5. The number of esters is 2. The summed E-state index contributed by atoms with van der Waals surface area (Å²) in [5.74, 6) is -8.71. The number of nitrogens with zero attached hydrogens (tertiary/aromatic N) is 1. The molecule has 0 radical (unpaired) electrons. The number of cyclic esters (lactones) is 1. The highest BCUT2D eigenvalue weighted by Crippen LogP contribution is 2.38. The summed E-state index contributed by atoms with van der Waals surface area (Å²) in [6.07, 6.45) is 10.8. The Morgan fingerprint density at radius 3 is 2.25 bits per heavy atom. The number of ketones is 3. The Hall–Kier alpha value is -4.64. The minimum atomic E-state index is -2.45. The number of fused-ring (bicyclic) bond motifs is 3. The standard InChI is InChI=1S/C58H83NO14/c1-35-19-13-11-14-20-36(2)48(68-8)33-44-26-24-41(7)58(67,73-44)54(63)55(64)59-28-18-17-23-45(59)57(66)72-49(34-46(60)37(3)30-40(6)52(62)53(70-10)51(61)39(5)29-35)38(4)31-42-25-27-47(50(32-42)69-9)71-56(65)43-21-15-12-16-22-43/h11-16,19-22,30,35,37-39,41-42,44-45,47-50,52-53,62,67H,17-18,23-29,31-34H2,1-10H3/b14-11?,19-13+,36-20?,40-30+/t35-,37-,38-,39-,41-,42+,44+,45+,47-,48+,49+,50-,52-,53+,58-/m1/s1. The first kappa shape index (κ1) is 59.2. The SMILES string of the molecule is CO[C@H]1C[C@@H]2CC[C@@H](C)[C@@](O)(O2)C(=O)C(=O)N2CCCC[C@H]2C(=O)O[C@H]([C@H](C)C[C@@H]2CC[C@@H](OC(=O)c3ccccc3)[C@H](OC)C2)CC(=O)[C@H](C)/C=C(\C)[C@@H](O)[C@@H](OC)C(=O)[C@H](C)C[C@H](C)/C=C/C=CC=C1C. The number of amides is 1. The van der Waals surface area contributed by atoms with E-state index in [0.717, 1.165) is 5.57 Å². The van der Waals surface area contributed by atoms with Crippen LogP contribution in [0.15, 0.2) is 77.9 Å². The van der Waals surface area contributed by atoms with E-state index in [0.29, 0.717) is 75.3 Å². The van der Waals surface area contributed by atoms with Crippen LogP contribution in [0.5, 0.6) is 0 Å². The number of rotatable bonds is 8. The Bertz CT molecular complexity index is 2170. The summed E-state index contributed by atoms with van der Waals surface area (Å²) in [6, 6.07) is 7.59. The van der Waals surface area contributed by atoms with Gasteiger partial charge in [-0.1, -0.05) is 89.3 Å². The molecule has 3 aliphatic heterocycles. The summed E-state index contributed by atoms with van der Waals surface area (Å²) in [4.78, 5) is 85.5. The lowest BCUT2D eigenvalue weighted by Gasteiger charge is -2.42. The van der Waals surface area contributed by atoms with Gasteiger partial charge in [-0.3, -0.25) is 19.2 Å². The lowest BCUT2D eigenvalue weighted by Crippen LogP contribution is -2.61. The van der Waals surface area contributed by atoms with Crippen LogP contribution in [0.2, 0.25) is 0 Å². The van der Waals surface area contributed by atoms with Crippen molar-refractivity contribution in [2.45, 2.75) is 180 Å². The molecule has 404 valence electrons. The second-order valence-corrected chi connectivity index (χ2v) is 21.3. The predicted octanol–water partition coefficient (Wildman–Crippen LogP) is 8.05. The van der Waals surface area contributed by atoms with Gasteiger partial charge in [0.1, 0.15) is 36.2 Å². The molecule has 2 saturated heterocycles. The van der Waals surface area contributed by atoms with Gasteiger partial charge < -0.3 is 43.5 Å². The quantitative estimate of drug-likeness (QED) is 0.144. The first-order valence-electron chi connectivity index (χ1n) is 26.5. The molecule has 15 nitrogen and oxygen atoms in total. The van der Waals surface area contributed by atoms with Gasteiger partial charge in [-0.15, -0.1) is 0 Å². The summed E-state index contributed by atoms with van der Waals surface area (Å²) in [5.41, 5.74) is 1.69. The maximum Gasteiger partial charge on any atom is 0.338 e. The predicted molar refractivity (Wildman–Crippen MR) is 275 cm³/mol. The molecule has 15 heteroatoms. The monoisotopic (exact) mass is 1020 g/mol. The van der Waals surface area contributed by atoms with Crippen molar-refractivity contribution in [3.63, 3.8) is 0 Å². The number of carbonyl (C=O) groups excluding carboxylic acids is 6. The average molecular weight is 1020 g/mol. The lowest BCUT2D eigenvalue weighted by atomic mass is 9.78. The minimum Gasteiger partial charge on any atom is -0.460 e. The van der Waals surface area contributed by atoms with Crippen LogP contribution >= 0.6 is 0 Å². The first-order chi connectivity index (χ1) is 34.7. The number of piperidine rings is 1. The molecule has 15 atom stereocenters. The van der Waals surface area contributed by atoms with Crippen LogP contribution in [0.4, 0.5) is 0 Å². The van der Waals surface area contributed by atoms with Crippen molar-refractivity contribution in [2.24, 2.45) is 35.5 Å². The van der Waals surface area contributed by atoms with E-state index in [1.165, 1.54) is 12.0 Å². The number of methoxy groups -OCH3 is 3. The molecule has 2 bridgehead atoms. The summed E-state index contributed by atoms with van der Waals surface area (Å²) in [7, 11) is 4.53. The van der Waals surface area contributed by atoms with Gasteiger partial charge in [0.05, 0.1) is 23.9 Å². The lowest BCUT2D eigenvalue weighted by molar-refractivity contribution is -0.265. The largest absolute Gasteiger partial charge is 0.460 e. The van der Waals surface area contributed by atoms with E-state index in [-0.39, 0.29) is 42.8 Å². The highest BCUT2D eigenvalue weighted by atomic mass is 16.6. The molecule has 1 amide bonds. The smallest absolute Gasteiger partial charge is 0.338 e. The molecule has 0 unspecified atom stereocenters. The fourth-order valence-corrected chi connectivity index (χ4v) is 11.0. The van der Waals surface area contributed by atoms with Crippen molar-refractivity contribution >= 4 is 35.2 Å². The number of hydrogen-bond acceptors (Lipinski definition) is 14. The number of carbonyl (C=O) groups is 6. The van der Waals surface area contributed by atoms with Crippen molar-refractivity contribution in [1.29, 1.82) is 0 Å². The van der Waals surface area contributed by atoms with Crippen molar-refractivity contribution in [2.75, 3.05) is 27.9 Å². The van der Waals surface area contributed by atoms with Gasteiger partial charge >= 0.3 is 11.9 Å². The number of hydrogen-bond donors (Lipinski definition) is 2. The van der Waals surface area contributed by atoms with Crippen LogP contribution in [-0.2, 0) is 52.4 Å². The van der Waals surface area contributed by atoms with E-state index in [2.05, 4.69) is 0 Å². The topological polar surface area (TPSA) is 201 Å². The van der Waals surface area contributed by atoms with E-state index >= 15 is 0 Å². The summed E-state index contributed by atoms with van der Waals surface area (Å²) in [6.45, 7) is 12.7. The van der Waals surface area contributed by atoms with Crippen LogP contribution in [0.3, 0.4) is 0 Å². The molecular weight excluding hydrogens is 935 g/mol. The van der Waals surface area contributed by atoms with E-state index in [1.807, 2.05) is 64.1 Å². The molecule has 1 aromatic rings. The van der Waals surface area contributed by atoms with Crippen LogP contribution < -0.4 is 0 Å². The molecule has 3 fully saturated rings. The minimum absolute atomic E-state index is 0.00536. The Morgan fingerprint density at radius 1 is 0.836 bits per heavy atom. The molecule has 1 aliphatic carbocycles. The zero-order valence-corrected chi connectivity index (χ0v) is 44.9. The van der Waals surface area contributed by atoms with Gasteiger partial charge in [0.2, 0.25) is 5.79 Å². The maximum atomic E-state index is 14.6. The second-order valence-electron chi connectivity index (χ2n) is 21.3. The number of aliphatic hydroxyl groups excluding tert-OH is 1. The highest BCUT2D eigenvalue weighted by molar-refractivity contribution is 6.39. The fourth-order valence-electron chi connectivity index (χ4n) is 11.0. The van der Waals surface area contributed by atoms with Gasteiger partial charge in [-0.25, -0.2) is 9.59 Å². The van der Waals surface area contributed by atoms with E-state index in [9.17, 15) is 39.0 Å². The second kappa shape index (κ2) is 27.8. The Labute approximate surface area is 433 Å². The zero-order valence-electron chi connectivity index (χ0n) is 44.9. The fraction of sp³-hybridized carbons (Fsp3) is 0.655. The van der Waals surface area contributed by atoms with Crippen molar-refractivity contribution < 1.29 is 67.4 Å². The van der Waals surface area contributed by atoms with E-state index in [4.69, 9.17) is 28.4 Å². The number of benzene rings is 1. The molecular formula is C58H83NO14. The van der Waals surface area contributed by atoms with Crippen molar-refractivity contribution in [3.8, 4) is 0 Å². The van der Waals surface area contributed by atoms with E-state index in [1.54, 1.807) is 65.3 Å². The third kappa shape index (κ3) is 15.7. The summed E-state index contributed by atoms with van der Waals surface area (Å²) >= 11 is 0. The molecule has 4 aliphatic rings. The number of allylic oxidation sites excluding steroid dienone is 6. The average Bonchev–Trinajstić information content (AvgIpc) is 3.38. The molecule has 0 spiro atoms. The van der Waals surface area contributed by atoms with Gasteiger partial charge in [-0.05, 0) is 119 Å². The highest BCUT2D eigenvalue weighted by Gasteiger charge is 2.53. The molecule has 5 rings (SSSR count). The van der Waals surface area contributed by atoms with Crippen LogP contribution in [0.25, 0.3) is 0 Å². The molecule has 0 aromatic heterocycles. The molecule has 3 heterocycles.